The molecule has 13 heavy (non-hydrogen) atoms. The van der Waals surface area contributed by atoms with Crippen LogP contribution < -0.4 is 5.73 Å². The molecule has 0 unspecified atom stereocenters. The zero-order chi connectivity index (χ0) is 9.84. The SMILES string of the molecule is Cc1cc(Br)cnc1SCC(N)=O. The van der Waals surface area contributed by atoms with Crippen LogP contribution >= 0.6 is 27.7 Å². The van der Waals surface area contributed by atoms with E-state index >= 15 is 0 Å². The Morgan fingerprint density at radius 2 is 2.46 bits per heavy atom. The van der Waals surface area contributed by atoms with Gasteiger partial charge < -0.3 is 5.73 Å². The number of rotatable bonds is 3. The molecular formula is C8H9BrN2OS. The third kappa shape index (κ3) is 3.36. The molecule has 5 heteroatoms. The smallest absolute Gasteiger partial charge is 0.227 e. The second-order valence-electron chi connectivity index (χ2n) is 2.53. The molecule has 2 N–H and O–H groups in total. The van der Waals surface area contributed by atoms with Gasteiger partial charge in [0.15, 0.2) is 0 Å². The number of hydrogen-bond donors (Lipinski definition) is 1. The van der Waals surface area contributed by atoms with Crippen molar-refractivity contribution in [2.24, 2.45) is 5.73 Å². The maximum absolute atomic E-state index is 10.5. The molecule has 0 aromatic carbocycles. The van der Waals surface area contributed by atoms with E-state index in [9.17, 15) is 4.79 Å². The van der Waals surface area contributed by atoms with E-state index in [1.54, 1.807) is 6.20 Å². The van der Waals surface area contributed by atoms with Gasteiger partial charge in [-0.2, -0.15) is 0 Å². The van der Waals surface area contributed by atoms with Crippen LogP contribution in [-0.4, -0.2) is 16.6 Å². The van der Waals surface area contributed by atoms with Crippen molar-refractivity contribution in [3.05, 3.63) is 22.3 Å². The number of nitrogens with two attached hydrogens (primary N) is 1. The number of carbonyl (C=O) groups excluding carboxylic acids is 1. The van der Waals surface area contributed by atoms with Crippen LogP contribution in [0.5, 0.6) is 0 Å². The Morgan fingerprint density at radius 3 is 3.00 bits per heavy atom. The van der Waals surface area contributed by atoms with Crippen LogP contribution in [-0.2, 0) is 4.79 Å². The Bertz CT molecular complexity index is 330. The number of carbonyl (C=O) groups is 1. The molecule has 0 aliphatic rings. The minimum Gasteiger partial charge on any atom is -0.369 e. The highest BCUT2D eigenvalue weighted by molar-refractivity contribution is 9.10. The summed E-state index contributed by atoms with van der Waals surface area (Å²) in [6.45, 7) is 1.95. The second kappa shape index (κ2) is 4.62. The first-order valence-electron chi connectivity index (χ1n) is 3.63. The van der Waals surface area contributed by atoms with Crippen molar-refractivity contribution in [1.82, 2.24) is 4.98 Å². The average Bonchev–Trinajstić information content (AvgIpc) is 2.02. The molecule has 1 aromatic heterocycles. The molecule has 0 aliphatic carbocycles. The number of amides is 1. The summed E-state index contributed by atoms with van der Waals surface area (Å²) >= 11 is 4.67. The predicted molar refractivity (Wildman–Crippen MR) is 56.6 cm³/mol. The van der Waals surface area contributed by atoms with Crippen molar-refractivity contribution >= 4 is 33.6 Å². The fraction of sp³-hybridized carbons (Fsp3) is 0.250. The molecule has 0 atom stereocenters. The van der Waals surface area contributed by atoms with Gasteiger partial charge in [-0.1, -0.05) is 11.8 Å². The third-order valence-electron chi connectivity index (χ3n) is 1.35. The minimum atomic E-state index is -0.325. The zero-order valence-corrected chi connectivity index (χ0v) is 9.48. The van der Waals surface area contributed by atoms with E-state index in [4.69, 9.17) is 5.73 Å². The Balaban J connectivity index is 2.72. The van der Waals surface area contributed by atoms with Crippen molar-refractivity contribution in [2.45, 2.75) is 11.9 Å². The molecule has 0 saturated heterocycles. The van der Waals surface area contributed by atoms with Gasteiger partial charge in [0.05, 0.1) is 10.8 Å². The molecule has 1 heterocycles. The van der Waals surface area contributed by atoms with Gasteiger partial charge >= 0.3 is 0 Å². The molecule has 0 saturated carbocycles. The predicted octanol–water partition coefficient (Wildman–Crippen LogP) is 1.73. The Morgan fingerprint density at radius 1 is 1.77 bits per heavy atom. The maximum Gasteiger partial charge on any atom is 0.227 e. The summed E-state index contributed by atoms with van der Waals surface area (Å²) in [6.07, 6.45) is 1.70. The summed E-state index contributed by atoms with van der Waals surface area (Å²) in [5.41, 5.74) is 6.07. The van der Waals surface area contributed by atoms with Crippen molar-refractivity contribution in [3.8, 4) is 0 Å². The molecule has 70 valence electrons. The molecule has 1 amide bonds. The Labute approximate surface area is 89.2 Å². The lowest BCUT2D eigenvalue weighted by Crippen LogP contribution is -2.13. The summed E-state index contributed by atoms with van der Waals surface area (Å²) in [6, 6.07) is 1.95. The van der Waals surface area contributed by atoms with Crippen LogP contribution in [0.25, 0.3) is 0 Å². The monoisotopic (exact) mass is 260 g/mol. The summed E-state index contributed by atoms with van der Waals surface area (Å²) < 4.78 is 0.938. The fourth-order valence-corrected chi connectivity index (χ4v) is 1.96. The van der Waals surface area contributed by atoms with Gasteiger partial charge in [0, 0.05) is 10.7 Å². The summed E-state index contributed by atoms with van der Waals surface area (Å²) in [7, 11) is 0. The average molecular weight is 261 g/mol. The van der Waals surface area contributed by atoms with Crippen LogP contribution in [0.15, 0.2) is 21.8 Å². The third-order valence-corrected chi connectivity index (χ3v) is 2.91. The van der Waals surface area contributed by atoms with Crippen LogP contribution in [0.4, 0.5) is 0 Å². The number of aromatic nitrogens is 1. The molecule has 0 bridgehead atoms. The van der Waals surface area contributed by atoms with Crippen molar-refractivity contribution in [2.75, 3.05) is 5.75 Å². The zero-order valence-electron chi connectivity index (χ0n) is 7.08. The molecule has 0 spiro atoms. The van der Waals surface area contributed by atoms with Crippen LogP contribution in [0.1, 0.15) is 5.56 Å². The summed E-state index contributed by atoms with van der Waals surface area (Å²) in [4.78, 5) is 14.7. The van der Waals surface area contributed by atoms with E-state index < -0.39 is 0 Å². The number of nitrogens with zero attached hydrogens (tertiary/aromatic N) is 1. The van der Waals surface area contributed by atoms with E-state index in [1.807, 2.05) is 13.0 Å². The Hall–Kier alpha value is -0.550. The highest BCUT2D eigenvalue weighted by Crippen LogP contribution is 2.21. The maximum atomic E-state index is 10.5. The number of hydrogen-bond acceptors (Lipinski definition) is 3. The summed E-state index contributed by atoms with van der Waals surface area (Å²) in [5.74, 6) is -0.0516. The van der Waals surface area contributed by atoms with E-state index in [0.717, 1.165) is 15.1 Å². The first-order valence-corrected chi connectivity index (χ1v) is 5.40. The first kappa shape index (κ1) is 10.5. The first-order chi connectivity index (χ1) is 6.09. The van der Waals surface area contributed by atoms with E-state index in [2.05, 4.69) is 20.9 Å². The van der Waals surface area contributed by atoms with Gasteiger partial charge in [0.2, 0.25) is 5.91 Å². The molecule has 0 fully saturated rings. The van der Waals surface area contributed by atoms with Gasteiger partial charge in [0.25, 0.3) is 0 Å². The minimum absolute atomic E-state index is 0.273. The van der Waals surface area contributed by atoms with Crippen molar-refractivity contribution < 1.29 is 4.79 Å². The molecule has 1 aromatic rings. The van der Waals surface area contributed by atoms with Crippen LogP contribution in [0.2, 0.25) is 0 Å². The Kier molecular flexibility index (Phi) is 3.74. The number of aryl methyl sites for hydroxylation is 1. The molecule has 0 radical (unpaired) electrons. The van der Waals surface area contributed by atoms with Gasteiger partial charge in [-0.15, -0.1) is 0 Å². The van der Waals surface area contributed by atoms with E-state index in [1.165, 1.54) is 11.8 Å². The highest BCUT2D eigenvalue weighted by Gasteiger charge is 2.03. The normalized spacial score (nSPS) is 10.0. The van der Waals surface area contributed by atoms with Crippen LogP contribution in [0.3, 0.4) is 0 Å². The standard InChI is InChI=1S/C8H9BrN2OS/c1-5-2-6(9)3-11-8(5)13-4-7(10)12/h2-3H,4H2,1H3,(H2,10,12). The molecule has 0 aliphatic heterocycles. The molecular weight excluding hydrogens is 252 g/mol. The lowest BCUT2D eigenvalue weighted by Gasteiger charge is -2.02. The topological polar surface area (TPSA) is 56.0 Å². The van der Waals surface area contributed by atoms with E-state index in [0.29, 0.717) is 0 Å². The van der Waals surface area contributed by atoms with Gasteiger partial charge in [-0.25, -0.2) is 4.98 Å². The van der Waals surface area contributed by atoms with Crippen molar-refractivity contribution in [1.29, 1.82) is 0 Å². The van der Waals surface area contributed by atoms with Gasteiger partial charge in [0.1, 0.15) is 0 Å². The fourth-order valence-electron chi connectivity index (χ4n) is 0.819. The number of primary amides is 1. The molecule has 1 rings (SSSR count). The number of thioether (sulfide) groups is 1. The summed E-state index contributed by atoms with van der Waals surface area (Å²) in [5, 5.41) is 0.849. The van der Waals surface area contributed by atoms with Gasteiger partial charge in [-0.05, 0) is 34.5 Å². The largest absolute Gasteiger partial charge is 0.369 e. The second-order valence-corrected chi connectivity index (χ2v) is 4.41. The van der Waals surface area contributed by atoms with Gasteiger partial charge in [-0.3, -0.25) is 4.79 Å². The molecule has 3 nitrogen and oxygen atoms in total. The lowest BCUT2D eigenvalue weighted by atomic mass is 10.3. The highest BCUT2D eigenvalue weighted by atomic mass is 79.9. The van der Waals surface area contributed by atoms with Crippen LogP contribution in [0, 0.1) is 6.92 Å². The van der Waals surface area contributed by atoms with E-state index in [-0.39, 0.29) is 11.7 Å². The lowest BCUT2D eigenvalue weighted by molar-refractivity contribution is -0.115. The van der Waals surface area contributed by atoms with Crippen molar-refractivity contribution in [3.63, 3.8) is 0 Å². The number of halogens is 1. The quantitative estimate of drug-likeness (QED) is 0.843. The number of pyridine rings is 1.